The van der Waals surface area contributed by atoms with Gasteiger partial charge < -0.3 is 10.1 Å². The summed E-state index contributed by atoms with van der Waals surface area (Å²) in [5.41, 5.74) is 3.39. The van der Waals surface area contributed by atoms with Crippen molar-refractivity contribution >= 4 is 39.4 Å². The van der Waals surface area contributed by atoms with E-state index < -0.39 is 39.8 Å². The molecule has 5 aromatic rings. The Hall–Kier alpha value is -6.02. The highest BCUT2D eigenvalue weighted by molar-refractivity contribution is 7.92. The van der Waals surface area contributed by atoms with Crippen LogP contribution >= 0.6 is 0 Å². The minimum Gasteiger partial charge on any atom is -0.484 e. The minimum atomic E-state index is -4.36. The fourth-order valence-electron chi connectivity index (χ4n) is 4.72. The molecule has 2 amide bonds. The quantitative estimate of drug-likeness (QED) is 0.152. The summed E-state index contributed by atoms with van der Waals surface area (Å²) in [6.07, 6.45) is 1.34. The molecule has 0 spiro atoms. The Balaban J connectivity index is 1.28. The molecule has 1 aromatic heterocycles. The zero-order chi connectivity index (χ0) is 34.3. The van der Waals surface area contributed by atoms with Gasteiger partial charge in [-0.2, -0.15) is 5.10 Å². The van der Waals surface area contributed by atoms with Gasteiger partial charge in [-0.15, -0.1) is 0 Å². The number of anilines is 2. The van der Waals surface area contributed by atoms with Crippen LogP contribution in [-0.2, 0) is 26.7 Å². The summed E-state index contributed by atoms with van der Waals surface area (Å²) in [5.74, 6) is -1.23. The third kappa shape index (κ3) is 7.67. The van der Waals surface area contributed by atoms with Gasteiger partial charge in [-0.05, 0) is 85.3 Å². The number of rotatable bonds is 12. The van der Waals surface area contributed by atoms with Gasteiger partial charge in [0.25, 0.3) is 27.4 Å². The predicted octanol–water partition coefficient (Wildman–Crippen LogP) is 3.99. The van der Waals surface area contributed by atoms with E-state index in [0.29, 0.717) is 28.4 Å². The maximum absolute atomic E-state index is 13.9. The first kappa shape index (κ1) is 33.3. The number of carbonyl (C=O) groups is 2. The summed E-state index contributed by atoms with van der Waals surface area (Å²) in [6, 6.07) is 28.1. The highest BCUT2D eigenvalue weighted by Gasteiger charge is 2.33. The molecule has 14 heteroatoms. The van der Waals surface area contributed by atoms with E-state index in [1.54, 1.807) is 86.8 Å². The van der Waals surface area contributed by atoms with Gasteiger partial charge in [0.2, 0.25) is 0 Å². The van der Waals surface area contributed by atoms with Crippen LogP contribution in [0.2, 0.25) is 0 Å². The summed E-state index contributed by atoms with van der Waals surface area (Å²) < 4.78 is 49.9. The molecular weight excluding hydrogens is 639 g/mol. The SMILES string of the molecule is Cc1c(N(CC(=O)N/N=C\c2ccc(OCC(=O)Nc3ccc(F)cc3)cc2)S(=O)(=O)c2ccccc2)c(=O)n(-c2ccccc2)n1C. The van der Waals surface area contributed by atoms with E-state index >= 15 is 0 Å². The van der Waals surface area contributed by atoms with Crippen molar-refractivity contribution in [3.05, 3.63) is 137 Å². The summed E-state index contributed by atoms with van der Waals surface area (Å²) >= 11 is 0. The maximum atomic E-state index is 13.9. The molecule has 0 atom stereocenters. The van der Waals surface area contributed by atoms with Gasteiger partial charge in [-0.3, -0.25) is 19.1 Å². The van der Waals surface area contributed by atoms with Crippen LogP contribution in [0, 0.1) is 12.7 Å². The van der Waals surface area contributed by atoms with E-state index in [1.807, 2.05) is 0 Å². The molecule has 0 radical (unpaired) electrons. The van der Waals surface area contributed by atoms with Gasteiger partial charge in [-0.1, -0.05) is 36.4 Å². The third-order valence-electron chi connectivity index (χ3n) is 7.17. The van der Waals surface area contributed by atoms with Crippen molar-refractivity contribution in [2.75, 3.05) is 22.8 Å². The van der Waals surface area contributed by atoms with E-state index in [-0.39, 0.29) is 17.2 Å². The van der Waals surface area contributed by atoms with Gasteiger partial charge in [0.1, 0.15) is 23.8 Å². The largest absolute Gasteiger partial charge is 0.484 e. The minimum absolute atomic E-state index is 0.0922. The van der Waals surface area contributed by atoms with Crippen LogP contribution in [0.4, 0.5) is 15.8 Å². The van der Waals surface area contributed by atoms with E-state index in [0.717, 1.165) is 4.31 Å². The normalized spacial score (nSPS) is 11.3. The average Bonchev–Trinajstić information content (AvgIpc) is 3.31. The van der Waals surface area contributed by atoms with E-state index in [9.17, 15) is 27.2 Å². The molecule has 2 N–H and O–H groups in total. The van der Waals surface area contributed by atoms with Crippen molar-refractivity contribution in [3.8, 4) is 11.4 Å². The average molecular weight is 671 g/mol. The smallest absolute Gasteiger partial charge is 0.296 e. The molecule has 0 aliphatic rings. The van der Waals surface area contributed by atoms with Crippen LogP contribution in [0.25, 0.3) is 5.69 Å². The molecule has 0 saturated heterocycles. The lowest BCUT2D eigenvalue weighted by Gasteiger charge is -2.22. The number of nitrogens with one attached hydrogen (secondary N) is 2. The lowest BCUT2D eigenvalue weighted by atomic mass is 10.2. The Kier molecular flexibility index (Phi) is 10.1. The molecule has 0 unspecified atom stereocenters. The Morgan fingerprint density at radius 1 is 0.896 bits per heavy atom. The number of hydrogen-bond donors (Lipinski definition) is 2. The van der Waals surface area contributed by atoms with Crippen LogP contribution in [0.3, 0.4) is 0 Å². The molecule has 0 saturated carbocycles. The van der Waals surface area contributed by atoms with Crippen LogP contribution in [-0.4, -0.2) is 49.0 Å². The lowest BCUT2D eigenvalue weighted by molar-refractivity contribution is -0.119. The molecule has 0 aliphatic heterocycles. The molecule has 0 bridgehead atoms. The monoisotopic (exact) mass is 670 g/mol. The van der Waals surface area contributed by atoms with E-state index in [2.05, 4.69) is 15.8 Å². The number of hydrazone groups is 1. The van der Waals surface area contributed by atoms with Crippen molar-refractivity contribution < 1.29 is 27.1 Å². The fraction of sp³-hybridized carbons (Fsp3) is 0.118. The summed E-state index contributed by atoms with van der Waals surface area (Å²) in [7, 11) is -2.73. The molecule has 12 nitrogen and oxygen atoms in total. The molecule has 246 valence electrons. The Morgan fingerprint density at radius 3 is 2.17 bits per heavy atom. The third-order valence-corrected chi connectivity index (χ3v) is 8.93. The topological polar surface area (TPSA) is 144 Å². The zero-order valence-electron chi connectivity index (χ0n) is 25.9. The second kappa shape index (κ2) is 14.6. The van der Waals surface area contributed by atoms with Crippen LogP contribution in [0.5, 0.6) is 5.75 Å². The standard InChI is InChI=1S/C34H31FN6O6S/c1-24-33(34(44)41(39(24)2)28-9-5-3-6-10-28)40(48(45,46)30-11-7-4-8-12-30)22-31(42)38-36-21-25-13-19-29(20-14-25)47-23-32(43)37-27-17-15-26(35)16-18-27/h3-21H,22-23H2,1-2H3,(H,37,43)(H,38,42)/b36-21-. The highest BCUT2D eigenvalue weighted by atomic mass is 32.2. The van der Waals surface area contributed by atoms with Crippen molar-refractivity contribution in [2.24, 2.45) is 12.1 Å². The van der Waals surface area contributed by atoms with Crippen LogP contribution in [0.1, 0.15) is 11.3 Å². The number of amides is 2. The number of carbonyl (C=O) groups excluding carboxylic acids is 2. The fourth-order valence-corrected chi connectivity index (χ4v) is 6.21. The first-order valence-electron chi connectivity index (χ1n) is 14.6. The molecule has 0 fully saturated rings. The van der Waals surface area contributed by atoms with E-state index in [4.69, 9.17) is 4.74 Å². The number of nitrogens with zero attached hydrogens (tertiary/aromatic N) is 4. The second-order valence-electron chi connectivity index (χ2n) is 10.4. The summed E-state index contributed by atoms with van der Waals surface area (Å²) in [6.45, 7) is 0.599. The molecule has 4 aromatic carbocycles. The summed E-state index contributed by atoms with van der Waals surface area (Å²) in [4.78, 5) is 38.9. The zero-order valence-corrected chi connectivity index (χ0v) is 26.7. The predicted molar refractivity (Wildman–Crippen MR) is 179 cm³/mol. The van der Waals surface area contributed by atoms with Crippen LogP contribution < -0.4 is 25.3 Å². The van der Waals surface area contributed by atoms with Crippen molar-refractivity contribution in [3.63, 3.8) is 0 Å². The van der Waals surface area contributed by atoms with Gasteiger partial charge in [0.05, 0.1) is 22.5 Å². The molecular formula is C34H31FN6O6S. The number of para-hydroxylation sites is 1. The number of aromatic nitrogens is 2. The van der Waals surface area contributed by atoms with Gasteiger partial charge in [-0.25, -0.2) is 27.2 Å². The van der Waals surface area contributed by atoms with Gasteiger partial charge in [0, 0.05) is 12.7 Å². The maximum Gasteiger partial charge on any atom is 0.296 e. The summed E-state index contributed by atoms with van der Waals surface area (Å²) in [5, 5.41) is 6.55. The molecule has 5 rings (SSSR count). The molecule has 48 heavy (non-hydrogen) atoms. The van der Waals surface area contributed by atoms with Crippen molar-refractivity contribution in [1.29, 1.82) is 0 Å². The van der Waals surface area contributed by atoms with Crippen molar-refractivity contribution in [2.45, 2.75) is 11.8 Å². The first-order chi connectivity index (χ1) is 23.0. The number of sulfonamides is 1. The first-order valence-corrected chi connectivity index (χ1v) is 16.0. The lowest BCUT2D eigenvalue weighted by Crippen LogP contribution is -2.42. The molecule has 1 heterocycles. The van der Waals surface area contributed by atoms with Gasteiger partial charge >= 0.3 is 0 Å². The van der Waals surface area contributed by atoms with E-state index in [1.165, 1.54) is 52.0 Å². The Bertz CT molecular complexity index is 2100. The van der Waals surface area contributed by atoms with Crippen LogP contribution in [0.15, 0.2) is 124 Å². The van der Waals surface area contributed by atoms with Crippen molar-refractivity contribution in [1.82, 2.24) is 14.8 Å². The number of ether oxygens (including phenoxy) is 1. The Morgan fingerprint density at radius 2 is 1.52 bits per heavy atom. The molecule has 0 aliphatic carbocycles. The Labute approximate surface area is 275 Å². The highest BCUT2D eigenvalue weighted by Crippen LogP contribution is 2.25. The second-order valence-corrected chi connectivity index (χ2v) is 12.3. The number of halogens is 1. The number of benzene rings is 4. The van der Waals surface area contributed by atoms with Gasteiger partial charge in [0.15, 0.2) is 6.61 Å². The number of hydrogen-bond acceptors (Lipinski definition) is 7.